The Morgan fingerprint density at radius 2 is 1.76 bits per heavy atom. The van der Waals surface area contributed by atoms with Crippen LogP contribution in [-0.4, -0.2) is 65.6 Å². The normalized spacial score (nSPS) is 12.7. The number of para-hydroxylation sites is 1. The molecule has 2 aromatic rings. The van der Waals surface area contributed by atoms with Crippen LogP contribution in [0.3, 0.4) is 0 Å². The van der Waals surface area contributed by atoms with Crippen molar-refractivity contribution in [2.45, 2.75) is 57.7 Å². The SMILES string of the molecule is CC(C)(C)OC(=O)NOCC(=O)NC(Cc1c[nH]c2ccccc12)C(=O)NC(CCCN=C(N)N)C(N)=O. The summed E-state index contributed by atoms with van der Waals surface area (Å²) < 4.78 is 5.03. The van der Waals surface area contributed by atoms with Gasteiger partial charge in [-0.2, -0.15) is 5.48 Å². The molecule has 208 valence electrons. The first-order valence-corrected chi connectivity index (χ1v) is 12.0. The molecule has 38 heavy (non-hydrogen) atoms. The molecule has 0 spiro atoms. The maximum Gasteiger partial charge on any atom is 0.431 e. The second-order valence-electron chi connectivity index (χ2n) is 9.49. The van der Waals surface area contributed by atoms with Crippen molar-refractivity contribution in [3.63, 3.8) is 0 Å². The maximum absolute atomic E-state index is 13.2. The number of amides is 4. The number of carbonyl (C=O) groups excluding carboxylic acids is 4. The molecule has 4 amide bonds. The van der Waals surface area contributed by atoms with Gasteiger partial charge in [0, 0.05) is 30.1 Å². The average Bonchev–Trinajstić information content (AvgIpc) is 3.21. The van der Waals surface area contributed by atoms with Gasteiger partial charge in [0.1, 0.15) is 17.7 Å². The minimum Gasteiger partial charge on any atom is -0.442 e. The number of guanidine groups is 1. The Hall–Kier alpha value is -4.33. The molecule has 0 aliphatic carbocycles. The Kier molecular flexibility index (Phi) is 10.9. The third kappa shape index (κ3) is 10.3. The predicted octanol–water partition coefficient (Wildman–Crippen LogP) is -0.325. The summed E-state index contributed by atoms with van der Waals surface area (Å²) in [5.74, 6) is -2.15. The number of nitrogens with zero attached hydrogens (tertiary/aromatic N) is 1. The standard InChI is InChI=1S/C24H36N8O6/c1-24(2,3)38-23(36)32-37-13-19(33)30-18(11-14-12-29-16-8-5-4-7-15(14)16)21(35)31-17(20(25)34)9-6-10-28-22(26)27/h4-5,7-8,12,17-18,29H,6,9-11,13H2,1-3H3,(H2,25,34)(H,30,33)(H,31,35)(H,32,36)(H4,26,27,28). The van der Waals surface area contributed by atoms with Crippen LogP contribution < -0.4 is 33.3 Å². The molecule has 0 aliphatic heterocycles. The Morgan fingerprint density at radius 3 is 2.42 bits per heavy atom. The molecule has 0 bridgehead atoms. The number of aromatic amines is 1. The highest BCUT2D eigenvalue weighted by atomic mass is 16.7. The molecule has 2 unspecified atom stereocenters. The molecule has 14 nitrogen and oxygen atoms in total. The van der Waals surface area contributed by atoms with Gasteiger partial charge in [-0.05, 0) is 45.2 Å². The molecule has 1 aromatic carbocycles. The van der Waals surface area contributed by atoms with Crippen LogP contribution in [0.25, 0.3) is 10.9 Å². The lowest BCUT2D eigenvalue weighted by Crippen LogP contribution is -2.54. The fraction of sp³-hybridized carbons (Fsp3) is 0.458. The third-order valence-corrected chi connectivity index (χ3v) is 5.11. The van der Waals surface area contributed by atoms with Gasteiger partial charge in [0.25, 0.3) is 0 Å². The second kappa shape index (κ2) is 13.8. The molecule has 0 saturated heterocycles. The number of fused-ring (bicyclic) bond motifs is 1. The molecule has 2 atom stereocenters. The highest BCUT2D eigenvalue weighted by Gasteiger charge is 2.27. The van der Waals surface area contributed by atoms with Gasteiger partial charge in [0.05, 0.1) is 0 Å². The van der Waals surface area contributed by atoms with Gasteiger partial charge in [-0.25, -0.2) is 4.79 Å². The van der Waals surface area contributed by atoms with E-state index in [1.807, 2.05) is 29.7 Å². The number of hydrogen-bond acceptors (Lipinski definition) is 7. The van der Waals surface area contributed by atoms with Gasteiger partial charge in [-0.15, -0.1) is 0 Å². The fourth-order valence-electron chi connectivity index (χ4n) is 3.49. The predicted molar refractivity (Wildman–Crippen MR) is 140 cm³/mol. The number of aliphatic imine (C=N–C) groups is 1. The smallest absolute Gasteiger partial charge is 0.431 e. The zero-order chi connectivity index (χ0) is 28.3. The van der Waals surface area contributed by atoms with Gasteiger partial charge in [0.15, 0.2) is 12.6 Å². The zero-order valence-electron chi connectivity index (χ0n) is 21.7. The van der Waals surface area contributed by atoms with Crippen molar-refractivity contribution in [1.29, 1.82) is 0 Å². The minimum atomic E-state index is -1.09. The van der Waals surface area contributed by atoms with Gasteiger partial charge >= 0.3 is 6.09 Å². The summed E-state index contributed by atoms with van der Waals surface area (Å²) in [6.45, 7) is 4.68. The molecule has 0 aliphatic rings. The van der Waals surface area contributed by atoms with Gasteiger partial charge in [-0.3, -0.25) is 24.2 Å². The molecule has 0 radical (unpaired) electrons. The summed E-state index contributed by atoms with van der Waals surface area (Å²) in [6.07, 6.45) is 1.53. The summed E-state index contributed by atoms with van der Waals surface area (Å²) in [7, 11) is 0. The minimum absolute atomic E-state index is 0.0884. The van der Waals surface area contributed by atoms with Gasteiger partial charge in [-0.1, -0.05) is 18.2 Å². The van der Waals surface area contributed by atoms with Gasteiger partial charge in [0.2, 0.25) is 17.7 Å². The molecule has 10 N–H and O–H groups in total. The molecule has 2 rings (SSSR count). The van der Waals surface area contributed by atoms with Crippen molar-refractivity contribution in [3.05, 3.63) is 36.0 Å². The first-order chi connectivity index (χ1) is 17.9. The molecule has 0 fully saturated rings. The number of nitrogens with two attached hydrogens (primary N) is 3. The Morgan fingerprint density at radius 1 is 1.05 bits per heavy atom. The monoisotopic (exact) mass is 532 g/mol. The number of primary amides is 1. The fourth-order valence-corrected chi connectivity index (χ4v) is 3.49. The summed E-state index contributed by atoms with van der Waals surface area (Å²) in [5, 5.41) is 6.04. The van der Waals surface area contributed by atoms with Crippen LogP contribution in [0.15, 0.2) is 35.5 Å². The van der Waals surface area contributed by atoms with E-state index >= 15 is 0 Å². The van der Waals surface area contributed by atoms with E-state index in [1.54, 1.807) is 27.0 Å². The summed E-state index contributed by atoms with van der Waals surface area (Å²) in [5.41, 5.74) is 18.9. The number of benzene rings is 1. The number of carbonyl (C=O) groups is 4. The number of nitrogens with one attached hydrogen (secondary N) is 4. The van der Waals surface area contributed by atoms with Crippen LogP contribution in [0.4, 0.5) is 4.79 Å². The third-order valence-electron chi connectivity index (χ3n) is 5.11. The molecular formula is C24H36N8O6. The molecule has 1 aromatic heterocycles. The van der Waals surface area contributed by atoms with E-state index in [4.69, 9.17) is 26.8 Å². The Bertz CT molecular complexity index is 1150. The zero-order valence-corrected chi connectivity index (χ0v) is 21.7. The van der Waals surface area contributed by atoms with Crippen LogP contribution in [0.2, 0.25) is 0 Å². The molecular weight excluding hydrogens is 496 g/mol. The average molecular weight is 533 g/mol. The van der Waals surface area contributed by atoms with Crippen molar-refractivity contribution in [1.82, 2.24) is 21.1 Å². The first kappa shape index (κ1) is 29.9. The van der Waals surface area contributed by atoms with Crippen molar-refractivity contribution in [3.8, 4) is 0 Å². The molecule has 0 saturated carbocycles. The number of ether oxygens (including phenoxy) is 1. The Labute approximate surface area is 220 Å². The summed E-state index contributed by atoms with van der Waals surface area (Å²) in [6, 6.07) is 5.37. The highest BCUT2D eigenvalue weighted by Crippen LogP contribution is 2.19. The van der Waals surface area contributed by atoms with E-state index in [-0.39, 0.29) is 25.3 Å². The first-order valence-electron chi connectivity index (χ1n) is 12.0. The lowest BCUT2D eigenvalue weighted by molar-refractivity contribution is -0.134. The summed E-state index contributed by atoms with van der Waals surface area (Å²) in [4.78, 5) is 61.3. The van der Waals surface area contributed by atoms with E-state index in [0.29, 0.717) is 6.42 Å². The van der Waals surface area contributed by atoms with Crippen molar-refractivity contribution >= 4 is 40.7 Å². The molecule has 1 heterocycles. The van der Waals surface area contributed by atoms with Crippen LogP contribution >= 0.6 is 0 Å². The summed E-state index contributed by atoms with van der Waals surface area (Å²) >= 11 is 0. The van der Waals surface area contributed by atoms with Gasteiger partial charge < -0.3 is 37.6 Å². The van der Waals surface area contributed by atoms with E-state index in [1.165, 1.54) is 0 Å². The lowest BCUT2D eigenvalue weighted by atomic mass is 10.0. The number of rotatable bonds is 13. The van der Waals surface area contributed by atoms with Crippen LogP contribution in [0, 0.1) is 0 Å². The number of hydroxylamine groups is 1. The maximum atomic E-state index is 13.2. The van der Waals surface area contributed by atoms with E-state index in [0.717, 1.165) is 16.5 Å². The lowest BCUT2D eigenvalue weighted by Gasteiger charge is -2.22. The van der Waals surface area contributed by atoms with Crippen LogP contribution in [0.1, 0.15) is 39.2 Å². The second-order valence-corrected chi connectivity index (χ2v) is 9.49. The van der Waals surface area contributed by atoms with E-state index in [2.05, 4.69) is 20.6 Å². The van der Waals surface area contributed by atoms with Crippen LogP contribution in [-0.2, 0) is 30.4 Å². The quantitative estimate of drug-likeness (QED) is 0.0780. The van der Waals surface area contributed by atoms with Crippen LogP contribution in [0.5, 0.6) is 0 Å². The van der Waals surface area contributed by atoms with Crippen molar-refractivity contribution < 1.29 is 28.8 Å². The van der Waals surface area contributed by atoms with Crippen molar-refractivity contribution in [2.24, 2.45) is 22.2 Å². The van der Waals surface area contributed by atoms with E-state index < -0.39 is 48.1 Å². The van der Waals surface area contributed by atoms with E-state index in [9.17, 15) is 19.2 Å². The molecule has 14 heteroatoms. The number of hydrogen-bond donors (Lipinski definition) is 7. The number of H-pyrrole nitrogens is 1. The Balaban J connectivity index is 2.09. The topological polar surface area (TPSA) is 229 Å². The largest absolute Gasteiger partial charge is 0.442 e. The number of aromatic nitrogens is 1. The highest BCUT2D eigenvalue weighted by molar-refractivity contribution is 5.93. The van der Waals surface area contributed by atoms with Crippen molar-refractivity contribution in [2.75, 3.05) is 13.2 Å².